The lowest BCUT2D eigenvalue weighted by Gasteiger charge is -2.35. The second-order valence-corrected chi connectivity index (χ2v) is 9.80. The van der Waals surface area contributed by atoms with Crippen LogP contribution in [0.2, 0.25) is 5.02 Å². The maximum Gasteiger partial charge on any atom is 0.295 e. The minimum absolute atomic E-state index is 0.0275. The number of fused-ring (bicyclic) bond motifs is 1. The highest BCUT2D eigenvalue weighted by Gasteiger charge is 2.30. The molecule has 0 saturated carbocycles. The fourth-order valence-corrected chi connectivity index (χ4v) is 5.43. The minimum Gasteiger partial charge on any atom is -0.366 e. The molecule has 9 nitrogen and oxygen atoms in total. The molecule has 0 aliphatic carbocycles. The number of H-pyrrole nitrogens is 1. The summed E-state index contributed by atoms with van der Waals surface area (Å²) in [6.07, 6.45) is 1.47. The third-order valence-corrected chi connectivity index (χ3v) is 7.78. The van der Waals surface area contributed by atoms with E-state index in [4.69, 9.17) is 11.6 Å². The third-order valence-electron chi connectivity index (χ3n) is 5.51. The number of halogens is 2. The summed E-state index contributed by atoms with van der Waals surface area (Å²) in [6.45, 7) is 0.997. The van der Waals surface area contributed by atoms with Crippen molar-refractivity contribution < 1.29 is 12.8 Å². The van der Waals surface area contributed by atoms with Crippen molar-refractivity contribution in [2.24, 2.45) is 0 Å². The lowest BCUT2D eigenvalue weighted by atomic mass is 10.3. The predicted octanol–water partition coefficient (Wildman–Crippen LogP) is 2.41. The molecule has 0 unspecified atom stereocenters. The number of aromatic nitrogens is 4. The first-order valence-electron chi connectivity index (χ1n) is 10.1. The monoisotopic (exact) mass is 488 g/mol. The molecule has 170 valence electrons. The summed E-state index contributed by atoms with van der Waals surface area (Å²) in [5.41, 5.74) is 1.35. The Kier molecular flexibility index (Phi) is 5.39. The molecule has 1 aliphatic heterocycles. The Morgan fingerprint density at radius 1 is 1.00 bits per heavy atom. The zero-order chi connectivity index (χ0) is 23.2. The molecule has 2 aromatic carbocycles. The van der Waals surface area contributed by atoms with Gasteiger partial charge in [0.15, 0.2) is 0 Å². The van der Waals surface area contributed by atoms with E-state index < -0.39 is 21.4 Å². The van der Waals surface area contributed by atoms with Crippen molar-refractivity contribution >= 4 is 38.3 Å². The van der Waals surface area contributed by atoms with Gasteiger partial charge in [0.25, 0.3) is 5.56 Å². The molecule has 12 heteroatoms. The first kappa shape index (κ1) is 21.6. The number of rotatable bonds is 4. The van der Waals surface area contributed by atoms with Gasteiger partial charge < -0.3 is 9.88 Å². The predicted molar refractivity (Wildman–Crippen MR) is 122 cm³/mol. The van der Waals surface area contributed by atoms with Gasteiger partial charge >= 0.3 is 0 Å². The van der Waals surface area contributed by atoms with Crippen molar-refractivity contribution in [3.63, 3.8) is 0 Å². The summed E-state index contributed by atoms with van der Waals surface area (Å²) >= 11 is 6.39. The van der Waals surface area contributed by atoms with Crippen molar-refractivity contribution in [3.8, 4) is 5.95 Å². The number of piperazine rings is 1. The molecule has 1 aliphatic rings. The highest BCUT2D eigenvalue weighted by atomic mass is 35.5. The van der Waals surface area contributed by atoms with Gasteiger partial charge in [-0.1, -0.05) is 23.7 Å². The number of hydrogen-bond donors (Lipinski definition) is 1. The summed E-state index contributed by atoms with van der Waals surface area (Å²) in [5.74, 6) is -0.247. The van der Waals surface area contributed by atoms with Gasteiger partial charge in [-0.05, 0) is 36.4 Å². The van der Waals surface area contributed by atoms with E-state index >= 15 is 0 Å². The summed E-state index contributed by atoms with van der Waals surface area (Å²) in [4.78, 5) is 22.2. The Balaban J connectivity index is 1.36. The lowest BCUT2D eigenvalue weighted by molar-refractivity contribution is 0.384. The Bertz CT molecular complexity index is 1460. The quantitative estimate of drug-likeness (QED) is 0.473. The van der Waals surface area contributed by atoms with E-state index in [-0.39, 0.29) is 29.0 Å². The summed E-state index contributed by atoms with van der Waals surface area (Å²) < 4.78 is 41.2. The van der Waals surface area contributed by atoms with E-state index in [1.165, 1.54) is 22.6 Å². The van der Waals surface area contributed by atoms with Crippen molar-refractivity contribution in [3.05, 3.63) is 75.9 Å². The van der Waals surface area contributed by atoms with Gasteiger partial charge in [0.2, 0.25) is 16.0 Å². The van der Waals surface area contributed by atoms with Crippen molar-refractivity contribution in [1.29, 1.82) is 0 Å². The zero-order valence-corrected chi connectivity index (χ0v) is 18.7. The molecule has 4 aromatic rings. The standard InChI is InChI=1S/C21H18ClFN6O3S/c22-19-18(13-24-29(20(19)30)21-25-16-3-1-2-4-17(16)26-21)27-9-11-28(12-10-27)33(31,32)15-7-5-14(23)6-8-15/h1-8,13H,9-12H2,(H,25,26). The van der Waals surface area contributed by atoms with Crippen LogP contribution < -0.4 is 10.5 Å². The van der Waals surface area contributed by atoms with Gasteiger partial charge in [-0.3, -0.25) is 4.79 Å². The number of nitrogens with zero attached hydrogens (tertiary/aromatic N) is 5. The van der Waals surface area contributed by atoms with Crippen LogP contribution in [0.25, 0.3) is 17.0 Å². The average Bonchev–Trinajstić information content (AvgIpc) is 3.25. The molecule has 0 bridgehead atoms. The number of sulfonamides is 1. The molecule has 0 atom stereocenters. The Morgan fingerprint density at radius 3 is 2.39 bits per heavy atom. The summed E-state index contributed by atoms with van der Waals surface area (Å²) in [5, 5.41) is 4.19. The third kappa shape index (κ3) is 3.88. The molecule has 5 rings (SSSR count). The fourth-order valence-electron chi connectivity index (χ4n) is 3.76. The van der Waals surface area contributed by atoms with Gasteiger partial charge in [-0.15, -0.1) is 0 Å². The molecule has 0 spiro atoms. The van der Waals surface area contributed by atoms with E-state index in [0.717, 1.165) is 22.3 Å². The molecule has 0 amide bonds. The van der Waals surface area contributed by atoms with Gasteiger partial charge in [0.05, 0.1) is 27.8 Å². The highest BCUT2D eigenvalue weighted by molar-refractivity contribution is 7.89. The number of hydrogen-bond acceptors (Lipinski definition) is 6. The maximum absolute atomic E-state index is 13.2. The van der Waals surface area contributed by atoms with Crippen molar-refractivity contribution in [2.45, 2.75) is 4.90 Å². The second-order valence-electron chi connectivity index (χ2n) is 7.48. The number of benzene rings is 2. The van der Waals surface area contributed by atoms with E-state index in [9.17, 15) is 17.6 Å². The van der Waals surface area contributed by atoms with Crippen LogP contribution in [0.1, 0.15) is 0 Å². The van der Waals surface area contributed by atoms with Crippen LogP contribution in [0.5, 0.6) is 0 Å². The summed E-state index contributed by atoms with van der Waals surface area (Å²) in [7, 11) is -3.75. The smallest absolute Gasteiger partial charge is 0.295 e. The van der Waals surface area contributed by atoms with E-state index in [0.29, 0.717) is 24.3 Å². The number of imidazole rings is 1. The van der Waals surface area contributed by atoms with Crippen LogP contribution in [-0.2, 0) is 10.0 Å². The fraction of sp³-hybridized carbons (Fsp3) is 0.190. The molecule has 3 heterocycles. The molecular weight excluding hydrogens is 471 g/mol. The van der Waals surface area contributed by atoms with Crippen LogP contribution in [0.3, 0.4) is 0 Å². The number of anilines is 1. The van der Waals surface area contributed by atoms with Crippen molar-refractivity contribution in [1.82, 2.24) is 24.1 Å². The Morgan fingerprint density at radius 2 is 1.70 bits per heavy atom. The van der Waals surface area contributed by atoms with E-state index in [2.05, 4.69) is 15.1 Å². The van der Waals surface area contributed by atoms with Gasteiger partial charge in [0, 0.05) is 26.2 Å². The molecule has 1 N–H and O–H groups in total. The van der Waals surface area contributed by atoms with Gasteiger partial charge in [0.1, 0.15) is 10.8 Å². The first-order valence-corrected chi connectivity index (χ1v) is 11.9. The molecule has 1 saturated heterocycles. The molecular formula is C21H18ClFN6O3S. The van der Waals surface area contributed by atoms with Crippen LogP contribution in [0.4, 0.5) is 10.1 Å². The van der Waals surface area contributed by atoms with Crippen LogP contribution in [-0.4, -0.2) is 58.7 Å². The maximum atomic E-state index is 13.2. The van der Waals surface area contributed by atoms with E-state index in [1.54, 1.807) is 0 Å². The first-order chi connectivity index (χ1) is 15.8. The zero-order valence-electron chi connectivity index (χ0n) is 17.1. The Hall–Kier alpha value is -3.28. The normalized spacial score (nSPS) is 15.3. The van der Waals surface area contributed by atoms with Crippen LogP contribution >= 0.6 is 11.6 Å². The largest absolute Gasteiger partial charge is 0.366 e. The molecule has 0 radical (unpaired) electrons. The van der Waals surface area contributed by atoms with Crippen molar-refractivity contribution in [2.75, 3.05) is 31.1 Å². The topological polar surface area (TPSA) is 104 Å². The molecule has 2 aromatic heterocycles. The minimum atomic E-state index is -3.75. The number of nitrogens with one attached hydrogen (secondary N) is 1. The summed E-state index contributed by atoms with van der Waals surface area (Å²) in [6, 6.07) is 12.1. The van der Waals surface area contributed by atoms with Crippen LogP contribution in [0.15, 0.2) is 64.4 Å². The van der Waals surface area contributed by atoms with Gasteiger partial charge in [-0.25, -0.2) is 17.8 Å². The van der Waals surface area contributed by atoms with E-state index in [1.807, 2.05) is 29.2 Å². The van der Waals surface area contributed by atoms with Gasteiger partial charge in [-0.2, -0.15) is 14.1 Å². The Labute approximate surface area is 193 Å². The SMILES string of the molecule is O=c1c(Cl)c(N2CCN(S(=O)(=O)c3ccc(F)cc3)CC2)cnn1-c1nc2ccccc2[nH]1. The number of aromatic amines is 1. The lowest BCUT2D eigenvalue weighted by Crippen LogP contribution is -2.49. The average molecular weight is 489 g/mol. The molecule has 1 fully saturated rings. The second kappa shape index (κ2) is 8.25. The number of para-hydroxylation sites is 2. The highest BCUT2D eigenvalue weighted by Crippen LogP contribution is 2.25. The van der Waals surface area contributed by atoms with Crippen LogP contribution in [0, 0.1) is 5.82 Å². The molecule has 33 heavy (non-hydrogen) atoms.